The molecule has 0 unspecified atom stereocenters. The molecular formula is C44H37NO4. The van der Waals surface area contributed by atoms with Gasteiger partial charge in [-0.05, 0) is 46.2 Å². The van der Waals surface area contributed by atoms with Gasteiger partial charge >= 0.3 is 0 Å². The van der Waals surface area contributed by atoms with Crippen LogP contribution in [0.4, 0.5) is 5.69 Å². The summed E-state index contributed by atoms with van der Waals surface area (Å²) >= 11 is 0. The van der Waals surface area contributed by atoms with Crippen LogP contribution in [0.1, 0.15) is 115 Å². The Morgan fingerprint density at radius 1 is 0.469 bits per heavy atom. The molecule has 0 N–H and O–H groups in total. The molecule has 1 aliphatic heterocycles. The van der Waals surface area contributed by atoms with Crippen molar-refractivity contribution >= 4 is 28.8 Å². The number of fused-ring (bicyclic) bond motifs is 2. The highest BCUT2D eigenvalue weighted by Gasteiger charge is 2.80. The van der Waals surface area contributed by atoms with Gasteiger partial charge in [0.1, 0.15) is 5.41 Å². The number of ketones is 4. The lowest BCUT2D eigenvalue weighted by molar-refractivity contribution is 0.0619. The zero-order valence-electron chi connectivity index (χ0n) is 28.0. The molecule has 5 nitrogen and oxygen atoms in total. The molecule has 2 atom stereocenters. The Morgan fingerprint density at radius 3 is 1.29 bits per heavy atom. The van der Waals surface area contributed by atoms with Gasteiger partial charge in [0.25, 0.3) is 0 Å². The van der Waals surface area contributed by atoms with Gasteiger partial charge in [-0.2, -0.15) is 0 Å². The monoisotopic (exact) mass is 643 g/mol. The fourth-order valence-corrected chi connectivity index (χ4v) is 8.84. The maximum Gasteiger partial charge on any atom is 0.197 e. The SMILES string of the molecule is CC(C)c1ccc([C@@H]2C3(C(=O)c4ccccc4C3=O)[C@@H](c3ccc(C(C)C)cc3)N(c3ccccc3)C23C(=O)c2ccccc2C3=O)cc1. The molecule has 0 saturated carbocycles. The average molecular weight is 644 g/mol. The molecule has 2 spiro atoms. The first-order valence-electron chi connectivity index (χ1n) is 17.1. The Kier molecular flexibility index (Phi) is 6.97. The second-order valence-corrected chi connectivity index (χ2v) is 14.2. The third-order valence-corrected chi connectivity index (χ3v) is 11.1. The smallest absolute Gasteiger partial charge is 0.197 e. The van der Waals surface area contributed by atoms with Gasteiger partial charge in [-0.1, -0.05) is 143 Å². The first kappa shape index (κ1) is 30.9. The molecule has 3 aliphatic rings. The average Bonchev–Trinajstić information content (AvgIpc) is 3.63. The van der Waals surface area contributed by atoms with Crippen molar-refractivity contribution < 1.29 is 19.2 Å². The highest BCUT2D eigenvalue weighted by Crippen LogP contribution is 2.69. The Bertz CT molecular complexity index is 2090. The Hall–Kier alpha value is -5.42. The lowest BCUT2D eigenvalue weighted by Crippen LogP contribution is -2.57. The molecule has 49 heavy (non-hydrogen) atoms. The third kappa shape index (κ3) is 3.99. The molecule has 1 heterocycles. The third-order valence-electron chi connectivity index (χ3n) is 11.1. The molecule has 0 bridgehead atoms. The highest BCUT2D eigenvalue weighted by molar-refractivity contribution is 6.39. The number of hydrogen-bond acceptors (Lipinski definition) is 5. The Morgan fingerprint density at radius 2 is 0.857 bits per heavy atom. The highest BCUT2D eigenvalue weighted by atomic mass is 16.2. The molecule has 2 aliphatic carbocycles. The summed E-state index contributed by atoms with van der Waals surface area (Å²) in [5.41, 5.74) is 1.54. The van der Waals surface area contributed by atoms with E-state index in [-0.39, 0.29) is 23.4 Å². The number of hydrogen-bond donors (Lipinski definition) is 0. The number of rotatable bonds is 5. The summed E-state index contributed by atoms with van der Waals surface area (Å²) in [6.07, 6.45) is 0. The summed E-state index contributed by atoms with van der Waals surface area (Å²) in [6, 6.07) is 38.0. The molecule has 5 aromatic carbocycles. The van der Waals surface area contributed by atoms with Gasteiger partial charge in [-0.3, -0.25) is 19.2 Å². The van der Waals surface area contributed by atoms with E-state index in [9.17, 15) is 0 Å². The van der Waals surface area contributed by atoms with E-state index in [0.29, 0.717) is 39.1 Å². The molecule has 0 radical (unpaired) electrons. The molecule has 5 aromatic rings. The summed E-state index contributed by atoms with van der Waals surface area (Å²) in [5.74, 6) is -2.18. The van der Waals surface area contributed by atoms with Crippen LogP contribution in [0.3, 0.4) is 0 Å². The van der Waals surface area contributed by atoms with Crippen molar-refractivity contribution in [3.63, 3.8) is 0 Å². The van der Waals surface area contributed by atoms with E-state index in [1.54, 1.807) is 48.5 Å². The molecule has 8 rings (SSSR count). The summed E-state index contributed by atoms with van der Waals surface area (Å²) < 4.78 is 0. The topological polar surface area (TPSA) is 71.5 Å². The largest absolute Gasteiger partial charge is 0.343 e. The van der Waals surface area contributed by atoms with Crippen LogP contribution in [-0.2, 0) is 0 Å². The molecule has 1 fully saturated rings. The van der Waals surface area contributed by atoms with E-state index >= 15 is 19.2 Å². The lowest BCUT2D eigenvalue weighted by Gasteiger charge is -2.40. The van der Waals surface area contributed by atoms with Gasteiger partial charge in [-0.15, -0.1) is 0 Å². The van der Waals surface area contributed by atoms with Crippen molar-refractivity contribution in [3.8, 4) is 0 Å². The van der Waals surface area contributed by atoms with Crippen LogP contribution in [0, 0.1) is 5.41 Å². The fraction of sp³-hybridized carbons (Fsp3) is 0.227. The van der Waals surface area contributed by atoms with E-state index in [1.807, 2.05) is 83.8 Å². The van der Waals surface area contributed by atoms with Gasteiger partial charge in [0.2, 0.25) is 0 Å². The lowest BCUT2D eigenvalue weighted by atomic mass is 9.59. The fourth-order valence-electron chi connectivity index (χ4n) is 8.84. The van der Waals surface area contributed by atoms with Crippen molar-refractivity contribution in [1.29, 1.82) is 0 Å². The van der Waals surface area contributed by atoms with E-state index < -0.39 is 34.5 Å². The Balaban J connectivity index is 1.55. The zero-order chi connectivity index (χ0) is 34.2. The van der Waals surface area contributed by atoms with E-state index in [4.69, 9.17) is 0 Å². The number of benzene rings is 5. The number of anilines is 1. The van der Waals surface area contributed by atoms with Crippen LogP contribution >= 0.6 is 0 Å². The first-order chi connectivity index (χ1) is 23.6. The van der Waals surface area contributed by atoms with Gasteiger partial charge in [-0.25, -0.2) is 0 Å². The van der Waals surface area contributed by atoms with E-state index in [1.165, 1.54) is 0 Å². The minimum atomic E-state index is -1.93. The minimum absolute atomic E-state index is 0.228. The van der Waals surface area contributed by atoms with Gasteiger partial charge < -0.3 is 4.90 Å². The van der Waals surface area contributed by atoms with Crippen LogP contribution in [-0.4, -0.2) is 28.7 Å². The van der Waals surface area contributed by atoms with Crippen molar-refractivity contribution in [1.82, 2.24) is 0 Å². The molecule has 5 heteroatoms. The summed E-state index contributed by atoms with van der Waals surface area (Å²) in [5, 5.41) is 0. The number of carbonyl (C=O) groups excluding carboxylic acids is 4. The molecule has 0 aromatic heterocycles. The van der Waals surface area contributed by atoms with Crippen molar-refractivity contribution in [2.75, 3.05) is 4.90 Å². The second-order valence-electron chi connectivity index (χ2n) is 14.2. The molecule has 0 amide bonds. The van der Waals surface area contributed by atoms with Crippen LogP contribution in [0.25, 0.3) is 0 Å². The Labute approximate surface area is 286 Å². The maximum atomic E-state index is 15.5. The van der Waals surface area contributed by atoms with Crippen molar-refractivity contribution in [3.05, 3.63) is 172 Å². The van der Waals surface area contributed by atoms with Crippen LogP contribution in [0.15, 0.2) is 127 Å². The van der Waals surface area contributed by atoms with Crippen LogP contribution in [0.2, 0.25) is 0 Å². The van der Waals surface area contributed by atoms with E-state index in [2.05, 4.69) is 27.7 Å². The van der Waals surface area contributed by atoms with E-state index in [0.717, 1.165) is 11.1 Å². The number of para-hydroxylation sites is 1. The van der Waals surface area contributed by atoms with Gasteiger partial charge in [0, 0.05) is 33.9 Å². The van der Waals surface area contributed by atoms with Crippen LogP contribution < -0.4 is 4.90 Å². The quantitative estimate of drug-likeness (QED) is 0.179. The molecule has 1 saturated heterocycles. The minimum Gasteiger partial charge on any atom is -0.343 e. The summed E-state index contributed by atoms with van der Waals surface area (Å²) in [7, 11) is 0. The second kappa shape index (κ2) is 11.1. The first-order valence-corrected chi connectivity index (χ1v) is 17.1. The molecule has 242 valence electrons. The maximum absolute atomic E-state index is 15.5. The zero-order valence-corrected chi connectivity index (χ0v) is 28.0. The normalized spacial score (nSPS) is 20.2. The van der Waals surface area contributed by atoms with Gasteiger partial charge in [0.15, 0.2) is 28.7 Å². The predicted molar refractivity (Wildman–Crippen MR) is 191 cm³/mol. The summed E-state index contributed by atoms with van der Waals surface area (Å²) in [4.78, 5) is 63.7. The number of nitrogens with zero attached hydrogens (tertiary/aromatic N) is 1. The predicted octanol–water partition coefficient (Wildman–Crippen LogP) is 9.16. The molecular weight excluding hydrogens is 606 g/mol. The van der Waals surface area contributed by atoms with Gasteiger partial charge in [0.05, 0.1) is 6.04 Å². The van der Waals surface area contributed by atoms with Crippen molar-refractivity contribution in [2.45, 2.75) is 57.0 Å². The van der Waals surface area contributed by atoms with Crippen LogP contribution in [0.5, 0.6) is 0 Å². The summed E-state index contributed by atoms with van der Waals surface area (Å²) in [6.45, 7) is 8.43. The number of Topliss-reactive ketones (excluding diaryl/α,β-unsaturated/α-hetero) is 4. The van der Waals surface area contributed by atoms with Crippen molar-refractivity contribution in [2.24, 2.45) is 5.41 Å². The standard InChI is InChI=1S/C44H37NO4/c1-26(2)28-18-22-30(23-19-28)37-43(39(46)33-14-8-9-15-34(33)40(43)47)38(31-24-20-29(21-25-31)27(3)4)45(32-12-6-5-7-13-32)44(37)41(48)35-16-10-11-17-36(35)42(44)49/h5-27,37-38H,1-4H3/t37-,38-/m1/s1. The number of carbonyl (C=O) groups is 4.